The Kier molecular flexibility index (Phi) is 9.10. The second kappa shape index (κ2) is 16.3. The molecule has 5 heteroatoms. The number of para-hydroxylation sites is 2. The van der Waals surface area contributed by atoms with Gasteiger partial charge >= 0.3 is 0 Å². The average Bonchev–Trinajstić information content (AvgIpc) is 4.02. The monoisotopic (exact) mass is 950 g/mol. The van der Waals surface area contributed by atoms with E-state index in [1.165, 1.54) is 105 Å². The molecule has 346 valence electrons. The summed E-state index contributed by atoms with van der Waals surface area (Å²) in [6.07, 6.45) is 0. The summed E-state index contributed by atoms with van der Waals surface area (Å²) in [5.74, 6) is 0.689. The van der Waals surface area contributed by atoms with E-state index in [4.69, 9.17) is 9.97 Å². The lowest BCUT2D eigenvalue weighted by molar-refractivity contribution is 1.14. The fourth-order valence-electron chi connectivity index (χ4n) is 12.7. The molecule has 0 atom stereocenters. The zero-order chi connectivity index (χ0) is 49.1. The van der Waals surface area contributed by atoms with Gasteiger partial charge in [-0.2, -0.15) is 0 Å². The van der Waals surface area contributed by atoms with Crippen LogP contribution in [-0.2, 0) is 0 Å². The van der Waals surface area contributed by atoms with Crippen molar-refractivity contribution in [2.24, 2.45) is 0 Å². The van der Waals surface area contributed by atoms with Gasteiger partial charge in [0, 0.05) is 60.6 Å². The summed E-state index contributed by atoms with van der Waals surface area (Å²) in [6, 6.07) is 95.3. The highest BCUT2D eigenvalue weighted by Gasteiger charge is 2.42. The topological polar surface area (TPSA) is 35.6 Å². The lowest BCUT2D eigenvalue weighted by Gasteiger charge is -2.34. The quantitative estimate of drug-likeness (QED) is 0.149. The van der Waals surface area contributed by atoms with Crippen LogP contribution in [0.4, 0.5) is 0 Å². The summed E-state index contributed by atoms with van der Waals surface area (Å²) in [5, 5.41) is 4.99. The first-order valence-corrected chi connectivity index (χ1v) is 25.8. The zero-order valence-corrected chi connectivity index (χ0v) is 40.7. The van der Waals surface area contributed by atoms with Gasteiger partial charge in [0.2, 0.25) is 0 Å². The minimum absolute atomic E-state index is 0.0576. The van der Waals surface area contributed by atoms with Crippen LogP contribution < -0.4 is 16.4 Å². The number of rotatable bonds is 7. The SMILES string of the molecule is c1ccc(-c2cc(-c3ccccc3)c3c4cccc5c4n(c3c2)-c2cc(-c3cc(-c4ccccc4)nc(-c4ccccc4)n3)cc3c2B5c2cccc4c5c(-c6ccccc6)cc(-c6ccccc6)cc5n-3c24)cc1. The number of aromatic nitrogens is 4. The summed E-state index contributed by atoms with van der Waals surface area (Å²) in [4.78, 5) is 10.8. The minimum Gasteiger partial charge on any atom is -0.310 e. The van der Waals surface area contributed by atoms with Gasteiger partial charge in [-0.1, -0.05) is 218 Å². The van der Waals surface area contributed by atoms with Gasteiger partial charge in [0.15, 0.2) is 5.82 Å². The molecule has 0 saturated heterocycles. The van der Waals surface area contributed by atoms with Gasteiger partial charge in [0.25, 0.3) is 6.71 Å². The maximum atomic E-state index is 5.53. The molecule has 0 unspecified atom stereocenters. The Hall–Kier alpha value is -9.84. The Labute approximate surface area is 434 Å². The number of fused-ring (bicyclic) bond motifs is 10. The maximum absolute atomic E-state index is 5.53. The molecule has 0 fully saturated rings. The van der Waals surface area contributed by atoms with Crippen LogP contribution in [0, 0.1) is 0 Å². The molecule has 2 aliphatic rings. The van der Waals surface area contributed by atoms with Gasteiger partial charge in [-0.05, 0) is 103 Å². The molecule has 11 aromatic carbocycles. The minimum atomic E-state index is -0.0576. The fourth-order valence-corrected chi connectivity index (χ4v) is 12.7. The molecule has 0 bridgehead atoms. The van der Waals surface area contributed by atoms with Gasteiger partial charge < -0.3 is 9.13 Å². The van der Waals surface area contributed by atoms with Crippen molar-refractivity contribution in [3.63, 3.8) is 0 Å². The van der Waals surface area contributed by atoms with Crippen LogP contribution in [0.3, 0.4) is 0 Å². The third-order valence-electron chi connectivity index (χ3n) is 15.9. The summed E-state index contributed by atoms with van der Waals surface area (Å²) in [7, 11) is 0. The van der Waals surface area contributed by atoms with Crippen LogP contribution in [0.25, 0.3) is 133 Å². The second-order valence-corrected chi connectivity index (χ2v) is 20.0. The largest absolute Gasteiger partial charge is 0.310 e. The van der Waals surface area contributed by atoms with Crippen molar-refractivity contribution in [3.05, 3.63) is 261 Å². The number of benzene rings is 11. The van der Waals surface area contributed by atoms with E-state index in [1.54, 1.807) is 0 Å². The first kappa shape index (κ1) is 41.7. The van der Waals surface area contributed by atoms with Gasteiger partial charge in [-0.15, -0.1) is 0 Å². The summed E-state index contributed by atoms with van der Waals surface area (Å²) < 4.78 is 5.22. The average molecular weight is 951 g/mol. The second-order valence-electron chi connectivity index (χ2n) is 20.0. The molecule has 0 N–H and O–H groups in total. The fraction of sp³-hybridized carbons (Fsp3) is 0. The van der Waals surface area contributed by atoms with E-state index in [0.717, 1.165) is 39.5 Å². The zero-order valence-electron chi connectivity index (χ0n) is 40.7. The first-order chi connectivity index (χ1) is 37.2. The van der Waals surface area contributed by atoms with Crippen molar-refractivity contribution in [2.45, 2.75) is 0 Å². The number of hydrogen-bond acceptors (Lipinski definition) is 2. The Morgan fingerprint density at radius 3 is 1.12 bits per heavy atom. The number of nitrogens with zero attached hydrogens (tertiary/aromatic N) is 4. The third kappa shape index (κ3) is 6.31. The highest BCUT2D eigenvalue weighted by molar-refractivity contribution is 7.00. The van der Waals surface area contributed by atoms with Crippen LogP contribution in [-0.4, -0.2) is 25.8 Å². The molecule has 3 aromatic heterocycles. The van der Waals surface area contributed by atoms with E-state index in [2.05, 4.69) is 270 Å². The van der Waals surface area contributed by atoms with Gasteiger partial charge in [0.1, 0.15) is 0 Å². The van der Waals surface area contributed by atoms with E-state index in [9.17, 15) is 0 Å². The standard InChI is InChI=1S/C70H43BN4/c1-7-21-44(22-8-1)50-37-55(46-25-11-3-12-26-46)65-53-33-19-35-57-68(53)74(61(65)39-50)63-41-52(60-43-59(48-29-15-5-16-30-48)72-70(73-60)49-31-17-6-18-32-49)42-64-67(63)71(57)58-36-20-34-54-66-56(47-27-13-4-14-28-47)38-51(45-23-9-2-10-24-45)40-62(66)75(64)69(54)58/h1-43H. The molecule has 4 nitrogen and oxygen atoms in total. The highest BCUT2D eigenvalue weighted by atomic mass is 15.0. The van der Waals surface area contributed by atoms with E-state index in [0.29, 0.717) is 5.82 Å². The van der Waals surface area contributed by atoms with Crippen molar-refractivity contribution >= 4 is 66.7 Å². The molecule has 5 heterocycles. The van der Waals surface area contributed by atoms with E-state index < -0.39 is 0 Å². The van der Waals surface area contributed by atoms with E-state index >= 15 is 0 Å². The molecule has 14 aromatic rings. The van der Waals surface area contributed by atoms with Crippen LogP contribution >= 0.6 is 0 Å². The smallest absolute Gasteiger partial charge is 0.252 e. The van der Waals surface area contributed by atoms with Crippen LogP contribution in [0.2, 0.25) is 0 Å². The molecule has 0 amide bonds. The summed E-state index contributed by atoms with van der Waals surface area (Å²) in [5.41, 5.74) is 25.4. The lowest BCUT2D eigenvalue weighted by Crippen LogP contribution is -2.59. The summed E-state index contributed by atoms with van der Waals surface area (Å²) in [6.45, 7) is -0.0576. The molecule has 0 spiro atoms. The Morgan fingerprint density at radius 1 is 0.293 bits per heavy atom. The number of hydrogen-bond donors (Lipinski definition) is 0. The van der Waals surface area contributed by atoms with Gasteiger partial charge in [-0.25, -0.2) is 9.97 Å². The Bertz CT molecular complexity index is 4320. The molecule has 2 aliphatic heterocycles. The lowest BCUT2D eigenvalue weighted by atomic mass is 9.34. The molecule has 0 saturated carbocycles. The molecule has 75 heavy (non-hydrogen) atoms. The molecule has 0 radical (unpaired) electrons. The Morgan fingerprint density at radius 2 is 0.680 bits per heavy atom. The molecular formula is C70H43BN4. The van der Waals surface area contributed by atoms with Gasteiger partial charge in [0.05, 0.1) is 22.4 Å². The normalized spacial score (nSPS) is 12.2. The molecule has 16 rings (SSSR count). The van der Waals surface area contributed by atoms with E-state index in [1.807, 2.05) is 0 Å². The van der Waals surface area contributed by atoms with Crippen molar-refractivity contribution in [1.29, 1.82) is 0 Å². The third-order valence-corrected chi connectivity index (χ3v) is 15.9. The predicted octanol–water partition coefficient (Wildman–Crippen LogP) is 15.5. The van der Waals surface area contributed by atoms with Crippen molar-refractivity contribution in [2.75, 3.05) is 0 Å². The first-order valence-electron chi connectivity index (χ1n) is 25.8. The van der Waals surface area contributed by atoms with Crippen LogP contribution in [0.5, 0.6) is 0 Å². The highest BCUT2D eigenvalue weighted by Crippen LogP contribution is 2.47. The van der Waals surface area contributed by atoms with E-state index in [-0.39, 0.29) is 6.71 Å². The Balaban J connectivity index is 1.09. The molecular weight excluding hydrogens is 908 g/mol. The van der Waals surface area contributed by atoms with Crippen LogP contribution in [0.1, 0.15) is 0 Å². The van der Waals surface area contributed by atoms with Crippen molar-refractivity contribution in [3.8, 4) is 89.8 Å². The van der Waals surface area contributed by atoms with Crippen LogP contribution in [0.15, 0.2) is 261 Å². The maximum Gasteiger partial charge on any atom is 0.252 e. The molecule has 0 aliphatic carbocycles. The van der Waals surface area contributed by atoms with Crippen molar-refractivity contribution in [1.82, 2.24) is 19.1 Å². The van der Waals surface area contributed by atoms with Crippen molar-refractivity contribution < 1.29 is 0 Å². The predicted molar refractivity (Wildman–Crippen MR) is 313 cm³/mol. The summed E-state index contributed by atoms with van der Waals surface area (Å²) >= 11 is 0. The van der Waals surface area contributed by atoms with Gasteiger partial charge in [-0.3, -0.25) is 0 Å².